The highest BCUT2D eigenvalue weighted by molar-refractivity contribution is 5.46. The number of rotatable bonds is 5. The Labute approximate surface area is 117 Å². The van der Waals surface area contributed by atoms with Crippen LogP contribution in [0.5, 0.6) is 0 Å². The normalized spacial score (nSPS) is 18.8. The van der Waals surface area contributed by atoms with Gasteiger partial charge in [0, 0.05) is 24.2 Å². The molecular formula is C17H27NO. The van der Waals surface area contributed by atoms with E-state index < -0.39 is 0 Å². The first-order chi connectivity index (χ1) is 9.29. The molecule has 0 aromatic heterocycles. The molecule has 0 saturated heterocycles. The summed E-state index contributed by atoms with van der Waals surface area (Å²) in [6, 6.07) is 10.6. The summed E-state index contributed by atoms with van der Waals surface area (Å²) >= 11 is 0. The van der Waals surface area contributed by atoms with Crippen LogP contribution < -0.4 is 4.90 Å². The summed E-state index contributed by atoms with van der Waals surface area (Å²) in [7, 11) is 0. The van der Waals surface area contributed by atoms with Gasteiger partial charge in [-0.25, -0.2) is 0 Å². The Morgan fingerprint density at radius 2 is 1.68 bits per heavy atom. The zero-order valence-corrected chi connectivity index (χ0v) is 12.1. The first-order valence-corrected chi connectivity index (χ1v) is 7.70. The van der Waals surface area contributed by atoms with Crippen molar-refractivity contribution < 1.29 is 5.11 Å². The lowest BCUT2D eigenvalue weighted by Gasteiger charge is -2.37. The molecule has 0 bridgehead atoms. The number of aliphatic hydroxyl groups is 1. The molecule has 1 saturated carbocycles. The van der Waals surface area contributed by atoms with Crippen LogP contribution in [-0.2, 0) is 0 Å². The second kappa shape index (κ2) is 6.95. The van der Waals surface area contributed by atoms with Crippen LogP contribution >= 0.6 is 0 Å². The molecule has 0 radical (unpaired) electrons. The van der Waals surface area contributed by atoms with E-state index in [4.69, 9.17) is 0 Å². The average Bonchev–Trinajstić information content (AvgIpc) is 2.72. The Kier molecular flexibility index (Phi) is 5.26. The van der Waals surface area contributed by atoms with E-state index in [2.05, 4.69) is 42.2 Å². The van der Waals surface area contributed by atoms with E-state index in [0.717, 1.165) is 13.1 Å². The third-order valence-electron chi connectivity index (χ3n) is 4.53. The fourth-order valence-corrected chi connectivity index (χ4v) is 3.27. The van der Waals surface area contributed by atoms with E-state index in [1.54, 1.807) is 0 Å². The highest BCUT2D eigenvalue weighted by Gasteiger charge is 2.32. The van der Waals surface area contributed by atoms with Gasteiger partial charge < -0.3 is 10.0 Å². The van der Waals surface area contributed by atoms with Gasteiger partial charge in [-0.3, -0.25) is 0 Å². The zero-order chi connectivity index (χ0) is 13.6. The van der Waals surface area contributed by atoms with Crippen LogP contribution in [0.2, 0.25) is 0 Å². The summed E-state index contributed by atoms with van der Waals surface area (Å²) in [6.45, 7) is 4.53. The van der Waals surface area contributed by atoms with Crippen LogP contribution in [-0.4, -0.2) is 24.8 Å². The summed E-state index contributed by atoms with van der Waals surface area (Å²) in [4.78, 5) is 2.42. The van der Waals surface area contributed by atoms with Gasteiger partial charge in [0.1, 0.15) is 0 Å². The molecule has 1 aliphatic rings. The maximum atomic E-state index is 9.93. The Bertz CT molecular complexity index is 355. The molecular weight excluding hydrogens is 234 g/mol. The number of nitrogens with zero attached hydrogens (tertiary/aromatic N) is 1. The Hall–Kier alpha value is -1.02. The first kappa shape index (κ1) is 14.4. The van der Waals surface area contributed by atoms with Crippen molar-refractivity contribution >= 4 is 5.69 Å². The lowest BCUT2D eigenvalue weighted by atomic mass is 9.80. The minimum atomic E-state index is 0.113. The largest absolute Gasteiger partial charge is 0.396 e. The molecule has 0 spiro atoms. The van der Waals surface area contributed by atoms with Gasteiger partial charge >= 0.3 is 0 Å². The molecule has 0 unspecified atom stereocenters. The molecule has 0 aliphatic heterocycles. The number of anilines is 1. The summed E-state index contributed by atoms with van der Waals surface area (Å²) in [5, 5.41) is 9.93. The lowest BCUT2D eigenvalue weighted by Crippen LogP contribution is -2.40. The summed E-state index contributed by atoms with van der Waals surface area (Å²) in [6.07, 6.45) is 7.55. The monoisotopic (exact) mass is 261 g/mol. The van der Waals surface area contributed by atoms with Crippen molar-refractivity contribution in [2.24, 2.45) is 5.41 Å². The summed E-state index contributed by atoms with van der Waals surface area (Å²) in [5.74, 6) is 0. The molecule has 1 aliphatic carbocycles. The zero-order valence-electron chi connectivity index (χ0n) is 12.1. The molecule has 0 heterocycles. The van der Waals surface area contributed by atoms with Crippen molar-refractivity contribution in [2.75, 3.05) is 24.6 Å². The Morgan fingerprint density at radius 3 is 2.21 bits per heavy atom. The van der Waals surface area contributed by atoms with Gasteiger partial charge in [-0.15, -0.1) is 0 Å². The Balaban J connectivity index is 2.10. The van der Waals surface area contributed by atoms with Crippen LogP contribution in [0.4, 0.5) is 5.69 Å². The average molecular weight is 261 g/mol. The SMILES string of the molecule is CCN(CC1(CO)CCCCCC1)c1ccccc1. The molecule has 2 rings (SSSR count). The summed E-state index contributed by atoms with van der Waals surface area (Å²) < 4.78 is 0. The minimum Gasteiger partial charge on any atom is -0.396 e. The lowest BCUT2D eigenvalue weighted by molar-refractivity contribution is 0.113. The molecule has 0 amide bonds. The second-order valence-electron chi connectivity index (χ2n) is 5.92. The topological polar surface area (TPSA) is 23.5 Å². The second-order valence-corrected chi connectivity index (χ2v) is 5.92. The van der Waals surface area contributed by atoms with Gasteiger partial charge in [-0.05, 0) is 31.9 Å². The molecule has 2 heteroatoms. The molecule has 1 aromatic carbocycles. The quantitative estimate of drug-likeness (QED) is 0.814. The Morgan fingerprint density at radius 1 is 1.05 bits per heavy atom. The van der Waals surface area contributed by atoms with Crippen LogP contribution in [0.15, 0.2) is 30.3 Å². The third kappa shape index (κ3) is 3.73. The molecule has 19 heavy (non-hydrogen) atoms. The van der Waals surface area contributed by atoms with Crippen LogP contribution in [0.3, 0.4) is 0 Å². The smallest absolute Gasteiger partial charge is 0.0504 e. The van der Waals surface area contributed by atoms with Crippen molar-refractivity contribution in [3.8, 4) is 0 Å². The molecule has 1 N–H and O–H groups in total. The van der Waals surface area contributed by atoms with Gasteiger partial charge in [-0.2, -0.15) is 0 Å². The number of hydrogen-bond acceptors (Lipinski definition) is 2. The fraction of sp³-hybridized carbons (Fsp3) is 0.647. The van der Waals surface area contributed by atoms with E-state index >= 15 is 0 Å². The van der Waals surface area contributed by atoms with E-state index in [1.807, 2.05) is 0 Å². The number of aliphatic hydroxyl groups excluding tert-OH is 1. The minimum absolute atomic E-state index is 0.113. The summed E-state index contributed by atoms with van der Waals surface area (Å²) in [5.41, 5.74) is 1.39. The van der Waals surface area contributed by atoms with Gasteiger partial charge in [0.25, 0.3) is 0 Å². The van der Waals surface area contributed by atoms with Gasteiger partial charge in [0.15, 0.2) is 0 Å². The van der Waals surface area contributed by atoms with Crippen molar-refractivity contribution in [2.45, 2.75) is 45.4 Å². The van der Waals surface area contributed by atoms with E-state index in [1.165, 1.54) is 44.2 Å². The predicted octanol–water partition coefficient (Wildman–Crippen LogP) is 3.85. The van der Waals surface area contributed by atoms with Gasteiger partial charge in [0.05, 0.1) is 6.61 Å². The van der Waals surface area contributed by atoms with Crippen molar-refractivity contribution in [3.63, 3.8) is 0 Å². The van der Waals surface area contributed by atoms with E-state index in [-0.39, 0.29) is 5.41 Å². The molecule has 106 valence electrons. The molecule has 1 aromatic rings. The maximum Gasteiger partial charge on any atom is 0.0504 e. The van der Waals surface area contributed by atoms with Crippen molar-refractivity contribution in [1.29, 1.82) is 0 Å². The van der Waals surface area contributed by atoms with Gasteiger partial charge in [0.2, 0.25) is 0 Å². The van der Waals surface area contributed by atoms with Crippen LogP contribution in [0, 0.1) is 5.41 Å². The highest BCUT2D eigenvalue weighted by Crippen LogP contribution is 2.36. The molecule has 1 fully saturated rings. The highest BCUT2D eigenvalue weighted by atomic mass is 16.3. The predicted molar refractivity (Wildman–Crippen MR) is 81.5 cm³/mol. The third-order valence-corrected chi connectivity index (χ3v) is 4.53. The van der Waals surface area contributed by atoms with E-state index in [9.17, 15) is 5.11 Å². The number of benzene rings is 1. The first-order valence-electron chi connectivity index (χ1n) is 7.70. The number of para-hydroxylation sites is 1. The standard InChI is InChI=1S/C17H27NO/c1-2-18(16-10-6-5-7-11-16)14-17(15-19)12-8-3-4-9-13-17/h5-7,10-11,19H,2-4,8-9,12-15H2,1H3. The van der Waals surface area contributed by atoms with Crippen LogP contribution in [0.1, 0.15) is 45.4 Å². The van der Waals surface area contributed by atoms with Crippen LogP contribution in [0.25, 0.3) is 0 Å². The van der Waals surface area contributed by atoms with Crippen molar-refractivity contribution in [1.82, 2.24) is 0 Å². The molecule has 0 atom stereocenters. The molecule has 2 nitrogen and oxygen atoms in total. The van der Waals surface area contributed by atoms with E-state index in [0.29, 0.717) is 6.61 Å². The maximum absolute atomic E-state index is 9.93. The van der Waals surface area contributed by atoms with Gasteiger partial charge in [-0.1, -0.05) is 43.9 Å². The fourth-order valence-electron chi connectivity index (χ4n) is 3.27. The van der Waals surface area contributed by atoms with Crippen molar-refractivity contribution in [3.05, 3.63) is 30.3 Å². The number of hydrogen-bond donors (Lipinski definition) is 1.